The zero-order chi connectivity index (χ0) is 29.1. The van der Waals surface area contributed by atoms with Gasteiger partial charge >= 0.3 is 0 Å². The molecular formula is C32H41FN4O4. The van der Waals surface area contributed by atoms with Crippen molar-refractivity contribution >= 4 is 17.7 Å². The molecule has 0 bridgehead atoms. The summed E-state index contributed by atoms with van der Waals surface area (Å²) < 4.78 is 19.2. The third-order valence-corrected chi connectivity index (χ3v) is 8.70. The maximum absolute atomic E-state index is 14.5. The summed E-state index contributed by atoms with van der Waals surface area (Å²) in [4.78, 5) is 48.2. The maximum atomic E-state index is 14.5. The Hall–Kier alpha value is -3.30. The summed E-state index contributed by atoms with van der Waals surface area (Å²) in [6, 6.07) is 11.3. The summed E-state index contributed by atoms with van der Waals surface area (Å²) in [7, 11) is 1.67. The highest BCUT2D eigenvalue weighted by Crippen LogP contribution is 2.36. The Morgan fingerprint density at radius 1 is 1.00 bits per heavy atom. The number of fused-ring (bicyclic) bond motifs is 1. The summed E-state index contributed by atoms with van der Waals surface area (Å²) in [5.41, 5.74) is 2.89. The van der Waals surface area contributed by atoms with Crippen molar-refractivity contribution in [3.05, 3.63) is 71.0 Å². The first kappa shape index (κ1) is 29.2. The smallest absolute Gasteiger partial charge is 0.250 e. The quantitative estimate of drug-likeness (QED) is 0.507. The highest BCUT2D eigenvalue weighted by atomic mass is 19.1. The van der Waals surface area contributed by atoms with Gasteiger partial charge < -0.3 is 19.9 Å². The number of benzene rings is 2. The van der Waals surface area contributed by atoms with Crippen LogP contribution in [0.25, 0.3) is 0 Å². The summed E-state index contributed by atoms with van der Waals surface area (Å²) >= 11 is 0. The van der Waals surface area contributed by atoms with E-state index in [0.29, 0.717) is 57.6 Å². The average molecular weight is 565 g/mol. The van der Waals surface area contributed by atoms with Crippen LogP contribution in [0.1, 0.15) is 43.0 Å². The number of hydrogen-bond acceptors (Lipinski definition) is 5. The Kier molecular flexibility index (Phi) is 9.04. The zero-order valence-corrected chi connectivity index (χ0v) is 24.2. The van der Waals surface area contributed by atoms with Gasteiger partial charge in [-0.05, 0) is 59.9 Å². The van der Waals surface area contributed by atoms with E-state index in [4.69, 9.17) is 4.74 Å². The number of halogens is 1. The molecule has 5 rings (SSSR count). The highest BCUT2D eigenvalue weighted by molar-refractivity contribution is 6.00. The third kappa shape index (κ3) is 6.31. The lowest BCUT2D eigenvalue weighted by atomic mass is 9.87. The van der Waals surface area contributed by atoms with E-state index in [1.807, 2.05) is 26.0 Å². The molecule has 2 fully saturated rings. The van der Waals surface area contributed by atoms with Crippen LogP contribution >= 0.6 is 0 Å². The molecule has 1 N–H and O–H groups in total. The molecule has 3 atom stereocenters. The fraction of sp³-hybridized carbons (Fsp3) is 0.531. The van der Waals surface area contributed by atoms with Gasteiger partial charge in [0.25, 0.3) is 0 Å². The van der Waals surface area contributed by atoms with Crippen molar-refractivity contribution in [1.29, 1.82) is 0 Å². The molecule has 0 radical (unpaired) electrons. The minimum Gasteiger partial charge on any atom is -0.383 e. The molecule has 3 aliphatic rings. The van der Waals surface area contributed by atoms with Gasteiger partial charge in [-0.2, -0.15) is 0 Å². The largest absolute Gasteiger partial charge is 0.383 e. The van der Waals surface area contributed by atoms with E-state index >= 15 is 0 Å². The van der Waals surface area contributed by atoms with Crippen molar-refractivity contribution in [1.82, 2.24) is 20.0 Å². The molecule has 2 heterocycles. The van der Waals surface area contributed by atoms with Gasteiger partial charge in [0.15, 0.2) is 0 Å². The van der Waals surface area contributed by atoms with Gasteiger partial charge in [0.2, 0.25) is 17.7 Å². The second-order valence-electron chi connectivity index (χ2n) is 11.9. The van der Waals surface area contributed by atoms with Gasteiger partial charge in [-0.25, -0.2) is 4.39 Å². The monoisotopic (exact) mass is 564 g/mol. The molecule has 2 aliphatic heterocycles. The summed E-state index contributed by atoms with van der Waals surface area (Å²) in [5.74, 6) is -1.11. The Bertz CT molecular complexity index is 1220. The van der Waals surface area contributed by atoms with E-state index in [1.165, 1.54) is 23.3 Å². The Balaban J connectivity index is 1.48. The van der Waals surface area contributed by atoms with Crippen LogP contribution in [0, 0.1) is 17.7 Å². The number of piperazine rings is 2. The molecule has 0 aromatic heterocycles. The van der Waals surface area contributed by atoms with E-state index in [2.05, 4.69) is 22.3 Å². The number of nitrogens with one attached hydrogen (secondary N) is 1. The van der Waals surface area contributed by atoms with Crippen molar-refractivity contribution in [2.45, 2.75) is 51.2 Å². The second kappa shape index (κ2) is 12.7. The number of methoxy groups -OCH3 is 1. The van der Waals surface area contributed by atoms with Crippen molar-refractivity contribution in [2.24, 2.45) is 11.8 Å². The van der Waals surface area contributed by atoms with Crippen LogP contribution < -0.4 is 5.32 Å². The van der Waals surface area contributed by atoms with Crippen LogP contribution in [0.5, 0.6) is 0 Å². The average Bonchev–Trinajstić information content (AvgIpc) is 3.40. The van der Waals surface area contributed by atoms with Crippen molar-refractivity contribution in [3.8, 4) is 0 Å². The van der Waals surface area contributed by atoms with Gasteiger partial charge in [-0.3, -0.25) is 19.3 Å². The second-order valence-corrected chi connectivity index (χ2v) is 11.9. The first-order chi connectivity index (χ1) is 19.8. The van der Waals surface area contributed by atoms with Crippen LogP contribution in [-0.2, 0) is 32.0 Å². The first-order valence-corrected chi connectivity index (χ1v) is 14.7. The Morgan fingerprint density at radius 3 is 2.22 bits per heavy atom. The Labute approximate surface area is 241 Å². The van der Waals surface area contributed by atoms with E-state index in [0.717, 1.165) is 6.54 Å². The van der Waals surface area contributed by atoms with Crippen LogP contribution in [0.15, 0.2) is 48.5 Å². The van der Waals surface area contributed by atoms with Crippen LogP contribution in [0.2, 0.25) is 0 Å². The number of carbonyl (C=O) groups excluding carboxylic acids is 3. The molecule has 0 saturated carbocycles. The molecule has 3 amide bonds. The lowest BCUT2D eigenvalue weighted by Gasteiger charge is -2.46. The van der Waals surface area contributed by atoms with E-state index in [1.54, 1.807) is 29.0 Å². The van der Waals surface area contributed by atoms with Crippen molar-refractivity contribution < 1.29 is 23.5 Å². The molecular weight excluding hydrogens is 523 g/mol. The normalized spacial score (nSPS) is 22.7. The fourth-order valence-corrected chi connectivity index (χ4v) is 6.53. The molecule has 41 heavy (non-hydrogen) atoms. The molecule has 9 heteroatoms. The number of nitrogens with zero attached hydrogens (tertiary/aromatic N) is 3. The van der Waals surface area contributed by atoms with Gasteiger partial charge in [-0.1, -0.05) is 50.2 Å². The summed E-state index contributed by atoms with van der Waals surface area (Å²) in [5, 5.41) is 3.05. The first-order valence-electron chi connectivity index (χ1n) is 14.7. The van der Waals surface area contributed by atoms with E-state index in [-0.39, 0.29) is 29.6 Å². The predicted octanol–water partition coefficient (Wildman–Crippen LogP) is 2.81. The molecule has 3 unspecified atom stereocenters. The van der Waals surface area contributed by atoms with Crippen LogP contribution in [0.4, 0.5) is 4.39 Å². The SMILES string of the molecule is COCCN1CCN(C(=O)C(c2ccc(F)cc2)N2C(=O)C(C3Cc4ccccc4C3)NC(=O)C2CC(C)C)CC1. The van der Waals surface area contributed by atoms with Crippen LogP contribution in [0.3, 0.4) is 0 Å². The minimum absolute atomic E-state index is 0.0975. The summed E-state index contributed by atoms with van der Waals surface area (Å²) in [6.07, 6.45) is 1.80. The molecule has 1 aliphatic carbocycles. The fourth-order valence-electron chi connectivity index (χ4n) is 6.53. The molecule has 0 spiro atoms. The maximum Gasteiger partial charge on any atom is 0.250 e. The number of carbonyl (C=O) groups is 3. The lowest BCUT2D eigenvalue weighted by Crippen LogP contribution is -2.67. The van der Waals surface area contributed by atoms with Gasteiger partial charge in [0.1, 0.15) is 23.9 Å². The number of hydrogen-bond donors (Lipinski definition) is 1. The van der Waals surface area contributed by atoms with Crippen LogP contribution in [-0.4, -0.2) is 90.9 Å². The van der Waals surface area contributed by atoms with E-state index in [9.17, 15) is 18.8 Å². The van der Waals surface area contributed by atoms with Crippen molar-refractivity contribution in [3.63, 3.8) is 0 Å². The minimum atomic E-state index is -1.02. The molecule has 220 valence electrons. The zero-order valence-electron chi connectivity index (χ0n) is 24.2. The molecule has 2 aromatic rings. The number of ether oxygens (including phenoxy) is 1. The lowest BCUT2D eigenvalue weighted by molar-refractivity contribution is -0.160. The van der Waals surface area contributed by atoms with Gasteiger partial charge in [0, 0.05) is 39.8 Å². The third-order valence-electron chi connectivity index (χ3n) is 8.70. The highest BCUT2D eigenvalue weighted by Gasteiger charge is 2.50. The van der Waals surface area contributed by atoms with Gasteiger partial charge in [0.05, 0.1) is 6.61 Å². The molecule has 2 saturated heterocycles. The van der Waals surface area contributed by atoms with Crippen molar-refractivity contribution in [2.75, 3.05) is 46.4 Å². The molecule has 8 nitrogen and oxygen atoms in total. The standard InChI is InChI=1S/C32H41FN4O4/c1-21(2)18-27-30(38)34-28(25-19-23-6-4-5-7-24(23)20-25)31(39)37(27)29(22-8-10-26(33)11-9-22)32(40)36-14-12-35(13-15-36)16-17-41-3/h4-11,21,25,27-29H,12-20H2,1-3H3,(H,34,38). The van der Waals surface area contributed by atoms with Gasteiger partial charge in [-0.15, -0.1) is 0 Å². The Morgan fingerprint density at radius 2 is 1.63 bits per heavy atom. The number of amides is 3. The number of rotatable bonds is 9. The summed E-state index contributed by atoms with van der Waals surface area (Å²) in [6.45, 7) is 7.80. The van der Waals surface area contributed by atoms with E-state index < -0.39 is 23.9 Å². The molecule has 2 aromatic carbocycles. The predicted molar refractivity (Wildman–Crippen MR) is 153 cm³/mol. The topological polar surface area (TPSA) is 82.2 Å².